The molecule has 10 heteroatoms. The van der Waals surface area contributed by atoms with Gasteiger partial charge in [-0.3, -0.25) is 9.59 Å². The maximum atomic E-state index is 12.2. The van der Waals surface area contributed by atoms with Gasteiger partial charge in [0.2, 0.25) is 4.96 Å². The summed E-state index contributed by atoms with van der Waals surface area (Å²) >= 11 is 7.39. The maximum absolute atomic E-state index is 12.2. The van der Waals surface area contributed by atoms with Gasteiger partial charge in [0.25, 0.3) is 11.5 Å². The summed E-state index contributed by atoms with van der Waals surface area (Å²) in [7, 11) is 0. The molecule has 4 aromatic rings. The molecule has 2 aromatic heterocycles. The first kappa shape index (κ1) is 21.8. The van der Waals surface area contributed by atoms with Crippen molar-refractivity contribution in [3.05, 3.63) is 80.7 Å². The largest absolute Gasteiger partial charge is 0.487 e. The second-order valence-electron chi connectivity index (χ2n) is 6.71. The van der Waals surface area contributed by atoms with Crippen molar-refractivity contribution >= 4 is 39.5 Å². The Hall–Kier alpha value is -3.43. The van der Waals surface area contributed by atoms with E-state index in [2.05, 4.69) is 15.4 Å². The number of aromatic nitrogens is 3. The summed E-state index contributed by atoms with van der Waals surface area (Å²) < 4.78 is 12.5. The lowest BCUT2D eigenvalue weighted by Crippen LogP contribution is -2.20. The summed E-state index contributed by atoms with van der Waals surface area (Å²) in [5.74, 6) is 0.715. The number of rotatable bonds is 8. The highest BCUT2D eigenvalue weighted by atomic mass is 35.5. The van der Waals surface area contributed by atoms with Gasteiger partial charge in [-0.1, -0.05) is 42.0 Å². The molecule has 0 saturated carbocycles. The van der Waals surface area contributed by atoms with Crippen LogP contribution in [0.3, 0.4) is 0 Å². The highest BCUT2D eigenvalue weighted by Crippen LogP contribution is 2.23. The van der Waals surface area contributed by atoms with E-state index in [-0.39, 0.29) is 24.7 Å². The van der Waals surface area contributed by atoms with E-state index in [1.54, 1.807) is 48.5 Å². The van der Waals surface area contributed by atoms with Crippen molar-refractivity contribution in [2.75, 3.05) is 11.9 Å². The Kier molecular flexibility index (Phi) is 6.67. The van der Waals surface area contributed by atoms with Crippen LogP contribution in [0.5, 0.6) is 11.5 Å². The molecule has 0 saturated heterocycles. The highest BCUT2D eigenvalue weighted by molar-refractivity contribution is 7.16. The first-order valence-corrected chi connectivity index (χ1v) is 11.0. The molecule has 0 bridgehead atoms. The smallest absolute Gasteiger partial charge is 0.275 e. The van der Waals surface area contributed by atoms with E-state index in [1.807, 2.05) is 6.92 Å². The van der Waals surface area contributed by atoms with Gasteiger partial charge < -0.3 is 14.8 Å². The number of nitrogens with one attached hydrogen (secondary N) is 1. The number of carbonyl (C=O) groups excluding carboxylic acids is 1. The number of para-hydroxylation sites is 1. The maximum Gasteiger partial charge on any atom is 0.275 e. The van der Waals surface area contributed by atoms with Crippen LogP contribution in [-0.2, 0) is 17.8 Å². The summed E-state index contributed by atoms with van der Waals surface area (Å²) in [5.41, 5.74) is 0.886. The number of hydrogen-bond donors (Lipinski definition) is 1. The van der Waals surface area contributed by atoms with E-state index in [0.717, 1.165) is 11.4 Å². The number of benzene rings is 2. The van der Waals surface area contributed by atoms with Crippen LogP contribution in [0.2, 0.25) is 5.02 Å². The number of nitrogens with zero attached hydrogens (tertiary/aromatic N) is 3. The van der Waals surface area contributed by atoms with Crippen LogP contribution in [0.25, 0.3) is 4.96 Å². The predicted octanol–water partition coefficient (Wildman–Crippen LogP) is 3.96. The normalized spacial score (nSPS) is 10.8. The SMILES string of the molecule is CCc1nn2c(=O)cc(COc3ccc(NC(=O)COc4ccccc4Cl)cc3)nc2s1. The molecule has 0 unspecified atom stereocenters. The molecule has 0 atom stereocenters. The van der Waals surface area contributed by atoms with Gasteiger partial charge in [0.15, 0.2) is 6.61 Å². The third-order valence-electron chi connectivity index (χ3n) is 4.36. The van der Waals surface area contributed by atoms with Crippen molar-refractivity contribution in [2.24, 2.45) is 0 Å². The van der Waals surface area contributed by atoms with Crippen LogP contribution in [0, 0.1) is 0 Å². The van der Waals surface area contributed by atoms with Crippen molar-refractivity contribution in [3.63, 3.8) is 0 Å². The standard InChI is InChI=1S/C22H19ClN4O4S/c1-2-20-26-27-21(29)11-15(25-22(27)32-20)12-30-16-9-7-14(8-10-16)24-19(28)13-31-18-6-4-3-5-17(18)23/h3-11H,2,12-13H2,1H3,(H,24,28). The van der Waals surface area contributed by atoms with E-state index < -0.39 is 0 Å². The lowest BCUT2D eigenvalue weighted by molar-refractivity contribution is -0.118. The van der Waals surface area contributed by atoms with Gasteiger partial charge in [-0.05, 0) is 42.8 Å². The summed E-state index contributed by atoms with van der Waals surface area (Å²) in [4.78, 5) is 29.3. The number of ether oxygens (including phenoxy) is 2. The predicted molar refractivity (Wildman–Crippen MR) is 123 cm³/mol. The minimum absolute atomic E-state index is 0.141. The molecular formula is C22H19ClN4O4S. The zero-order valence-electron chi connectivity index (χ0n) is 17.1. The third-order valence-corrected chi connectivity index (χ3v) is 5.73. The number of fused-ring (bicyclic) bond motifs is 1. The van der Waals surface area contributed by atoms with E-state index in [9.17, 15) is 9.59 Å². The van der Waals surface area contributed by atoms with E-state index >= 15 is 0 Å². The second-order valence-corrected chi connectivity index (χ2v) is 8.16. The lowest BCUT2D eigenvalue weighted by atomic mass is 10.3. The number of anilines is 1. The number of aryl methyl sites for hydroxylation is 1. The van der Waals surface area contributed by atoms with E-state index in [1.165, 1.54) is 21.9 Å². The number of carbonyl (C=O) groups is 1. The first-order valence-electron chi connectivity index (χ1n) is 9.80. The Morgan fingerprint density at radius 1 is 1.16 bits per heavy atom. The van der Waals surface area contributed by atoms with Gasteiger partial charge in [-0.2, -0.15) is 9.61 Å². The molecule has 32 heavy (non-hydrogen) atoms. The summed E-state index contributed by atoms with van der Waals surface area (Å²) in [6.07, 6.45) is 0.744. The van der Waals surface area contributed by atoms with Crippen molar-refractivity contribution < 1.29 is 14.3 Å². The second kappa shape index (κ2) is 9.80. The summed E-state index contributed by atoms with van der Waals surface area (Å²) in [5, 5.41) is 8.26. The van der Waals surface area contributed by atoms with Crippen LogP contribution < -0.4 is 20.3 Å². The minimum Gasteiger partial charge on any atom is -0.487 e. The molecule has 164 valence electrons. The monoisotopic (exact) mass is 470 g/mol. The van der Waals surface area contributed by atoms with Crippen LogP contribution in [0.4, 0.5) is 5.69 Å². The lowest BCUT2D eigenvalue weighted by Gasteiger charge is -2.10. The first-order chi connectivity index (χ1) is 15.5. The van der Waals surface area contributed by atoms with Gasteiger partial charge in [0.05, 0.1) is 10.7 Å². The molecule has 2 aromatic carbocycles. The van der Waals surface area contributed by atoms with Gasteiger partial charge in [-0.15, -0.1) is 0 Å². The molecular weight excluding hydrogens is 452 g/mol. The van der Waals surface area contributed by atoms with Crippen molar-refractivity contribution in [1.82, 2.24) is 14.6 Å². The van der Waals surface area contributed by atoms with E-state index in [4.69, 9.17) is 21.1 Å². The average Bonchev–Trinajstić information content (AvgIpc) is 3.22. The fourth-order valence-corrected chi connectivity index (χ4v) is 3.85. The Morgan fingerprint density at radius 3 is 2.69 bits per heavy atom. The molecule has 2 heterocycles. The highest BCUT2D eigenvalue weighted by Gasteiger charge is 2.09. The summed E-state index contributed by atoms with van der Waals surface area (Å²) in [6.45, 7) is 1.95. The van der Waals surface area contributed by atoms with E-state index in [0.29, 0.717) is 32.9 Å². The van der Waals surface area contributed by atoms with Crippen LogP contribution in [0.15, 0.2) is 59.4 Å². The summed E-state index contributed by atoms with van der Waals surface area (Å²) in [6, 6.07) is 15.2. The topological polar surface area (TPSA) is 94.8 Å². The number of hydrogen-bond acceptors (Lipinski definition) is 7. The zero-order chi connectivity index (χ0) is 22.5. The van der Waals surface area contributed by atoms with Crippen LogP contribution >= 0.6 is 22.9 Å². The van der Waals surface area contributed by atoms with Crippen LogP contribution in [-0.4, -0.2) is 27.1 Å². The van der Waals surface area contributed by atoms with Crippen molar-refractivity contribution in [3.8, 4) is 11.5 Å². The average molecular weight is 471 g/mol. The molecule has 0 radical (unpaired) electrons. The molecule has 0 aliphatic rings. The molecule has 0 aliphatic carbocycles. The quantitative estimate of drug-likeness (QED) is 0.419. The Bertz CT molecular complexity index is 1300. The fraction of sp³-hybridized carbons (Fsp3) is 0.182. The van der Waals surface area contributed by atoms with Gasteiger partial charge >= 0.3 is 0 Å². The number of halogens is 1. The molecule has 0 fully saturated rings. The Morgan fingerprint density at radius 2 is 1.94 bits per heavy atom. The molecule has 0 spiro atoms. The van der Waals surface area contributed by atoms with Gasteiger partial charge in [0.1, 0.15) is 23.1 Å². The van der Waals surface area contributed by atoms with Crippen LogP contribution in [0.1, 0.15) is 17.6 Å². The van der Waals surface area contributed by atoms with Gasteiger partial charge in [-0.25, -0.2) is 4.98 Å². The number of amides is 1. The van der Waals surface area contributed by atoms with Crippen molar-refractivity contribution in [2.45, 2.75) is 20.0 Å². The Balaban J connectivity index is 1.32. The Labute approximate surface area is 192 Å². The molecule has 1 N–H and O–H groups in total. The minimum atomic E-state index is -0.312. The third kappa shape index (κ3) is 5.24. The molecule has 8 nitrogen and oxygen atoms in total. The van der Waals surface area contributed by atoms with Gasteiger partial charge in [0, 0.05) is 11.8 Å². The zero-order valence-corrected chi connectivity index (χ0v) is 18.7. The van der Waals surface area contributed by atoms with Crippen molar-refractivity contribution in [1.29, 1.82) is 0 Å². The molecule has 4 rings (SSSR count). The fourth-order valence-electron chi connectivity index (χ4n) is 2.81. The molecule has 0 aliphatic heterocycles. The molecule has 1 amide bonds.